The van der Waals surface area contributed by atoms with Crippen LogP contribution in [-0.2, 0) is 22.6 Å². The van der Waals surface area contributed by atoms with Gasteiger partial charge in [0.25, 0.3) is 0 Å². The number of hydrogen-bond acceptors (Lipinski definition) is 10. The first-order valence-electron chi connectivity index (χ1n) is 15.5. The predicted molar refractivity (Wildman–Crippen MR) is 177 cm³/mol. The third kappa shape index (κ3) is 8.19. The molecular weight excluding hydrogens is 659 g/mol. The van der Waals surface area contributed by atoms with Gasteiger partial charge in [0.05, 0.1) is 35.4 Å². The Bertz CT molecular complexity index is 2040. The van der Waals surface area contributed by atoms with Crippen LogP contribution in [0.2, 0.25) is 5.02 Å². The van der Waals surface area contributed by atoms with E-state index in [1.165, 1.54) is 16.7 Å². The minimum atomic E-state index is -1.43. The Morgan fingerprint density at radius 3 is 2.45 bits per heavy atom. The molecule has 5 atom stereocenters. The maximum absolute atomic E-state index is 13.6. The number of fused-ring (bicyclic) bond motifs is 1. The van der Waals surface area contributed by atoms with Gasteiger partial charge in [-0.25, -0.2) is 14.2 Å². The largest absolute Gasteiger partial charge is 0.491 e. The average molecular weight is 693 g/mol. The van der Waals surface area contributed by atoms with Crippen LogP contribution in [0.25, 0.3) is 11.0 Å². The fourth-order valence-electron chi connectivity index (χ4n) is 5.33. The molecule has 1 aliphatic rings. The molecule has 0 spiro atoms. The number of rotatable bonds is 11. The van der Waals surface area contributed by atoms with E-state index in [9.17, 15) is 24.5 Å². The van der Waals surface area contributed by atoms with E-state index in [-0.39, 0.29) is 42.8 Å². The molecule has 0 bridgehead atoms. The van der Waals surface area contributed by atoms with Crippen LogP contribution < -0.4 is 20.7 Å². The normalized spacial score (nSPS) is 21.2. The second kappa shape index (κ2) is 15.3. The molecule has 13 heteroatoms. The van der Waals surface area contributed by atoms with Gasteiger partial charge in [-0.15, -0.1) is 0 Å². The van der Waals surface area contributed by atoms with Gasteiger partial charge >= 0.3 is 5.76 Å². The minimum absolute atomic E-state index is 0.00343. The van der Waals surface area contributed by atoms with Crippen LogP contribution in [0, 0.1) is 5.82 Å². The van der Waals surface area contributed by atoms with Crippen molar-refractivity contribution in [2.45, 2.75) is 50.8 Å². The van der Waals surface area contributed by atoms with Gasteiger partial charge in [0, 0.05) is 0 Å². The average Bonchev–Trinajstić information content (AvgIpc) is 3.09. The van der Waals surface area contributed by atoms with E-state index >= 15 is 0 Å². The van der Waals surface area contributed by atoms with Crippen LogP contribution in [0.4, 0.5) is 10.1 Å². The van der Waals surface area contributed by atoms with E-state index in [0.717, 1.165) is 5.56 Å². The Kier molecular flexibility index (Phi) is 10.7. The lowest BCUT2D eigenvalue weighted by atomic mass is 10.0. The lowest BCUT2D eigenvalue weighted by Gasteiger charge is -2.38. The number of aromatic nitrogens is 1. The van der Waals surface area contributed by atoms with E-state index < -0.39 is 36.5 Å². The van der Waals surface area contributed by atoms with Crippen molar-refractivity contribution < 1.29 is 43.1 Å². The molecule has 5 aromatic rings. The second-order valence-corrected chi connectivity index (χ2v) is 11.9. The summed E-state index contributed by atoms with van der Waals surface area (Å²) in [5, 5.41) is 30.9. The lowest BCUT2D eigenvalue weighted by Crippen LogP contribution is -2.57. The van der Waals surface area contributed by atoms with Crippen molar-refractivity contribution >= 4 is 28.3 Å². The number of ether oxygens (including phenoxy) is 4. The van der Waals surface area contributed by atoms with Crippen molar-refractivity contribution in [3.63, 3.8) is 0 Å². The highest BCUT2D eigenvalue weighted by molar-refractivity contribution is 6.32. The molecule has 0 amide bonds. The summed E-state index contributed by atoms with van der Waals surface area (Å²) in [6, 6.07) is 25.3. The second-order valence-electron chi connectivity index (χ2n) is 11.5. The number of aliphatic hydroxyl groups excluding tert-OH is 3. The van der Waals surface area contributed by atoms with Crippen molar-refractivity contribution in [2.24, 2.45) is 4.99 Å². The van der Waals surface area contributed by atoms with Crippen molar-refractivity contribution in [3.8, 4) is 11.5 Å². The van der Waals surface area contributed by atoms with Gasteiger partial charge in [0.15, 0.2) is 6.29 Å². The van der Waals surface area contributed by atoms with Gasteiger partial charge in [-0.1, -0.05) is 54.1 Å². The van der Waals surface area contributed by atoms with Gasteiger partial charge in [0.1, 0.15) is 59.9 Å². The van der Waals surface area contributed by atoms with Gasteiger partial charge in [-0.05, 0) is 66.6 Å². The summed E-state index contributed by atoms with van der Waals surface area (Å²) in [7, 11) is 0. The van der Waals surface area contributed by atoms with Crippen LogP contribution in [0.1, 0.15) is 18.1 Å². The Hall–Kier alpha value is -4.56. The molecule has 0 unspecified atom stereocenters. The number of benzene rings is 4. The van der Waals surface area contributed by atoms with Crippen molar-refractivity contribution in [3.05, 3.63) is 129 Å². The first-order valence-corrected chi connectivity index (χ1v) is 15.9. The first-order chi connectivity index (χ1) is 23.7. The van der Waals surface area contributed by atoms with Crippen LogP contribution in [0.3, 0.4) is 0 Å². The van der Waals surface area contributed by atoms with Crippen molar-refractivity contribution in [1.82, 2.24) is 4.57 Å². The highest BCUT2D eigenvalue weighted by Crippen LogP contribution is 2.30. The Morgan fingerprint density at radius 2 is 1.67 bits per heavy atom. The summed E-state index contributed by atoms with van der Waals surface area (Å²) in [4.78, 5) is 18.1. The maximum Gasteiger partial charge on any atom is 0.421 e. The summed E-state index contributed by atoms with van der Waals surface area (Å²) in [6.07, 6.45) is -5.95. The minimum Gasteiger partial charge on any atom is -0.491 e. The monoisotopic (exact) mass is 692 g/mol. The molecule has 2 heterocycles. The fraction of sp³-hybridized carbons (Fsp3) is 0.278. The summed E-state index contributed by atoms with van der Waals surface area (Å²) in [6.45, 7) is 1.89. The van der Waals surface area contributed by atoms with E-state index in [2.05, 4.69) is 0 Å². The van der Waals surface area contributed by atoms with Gasteiger partial charge in [0.2, 0.25) is 0 Å². The smallest absolute Gasteiger partial charge is 0.421 e. The van der Waals surface area contributed by atoms with Gasteiger partial charge in [-0.2, -0.15) is 0 Å². The molecule has 0 saturated carbocycles. The van der Waals surface area contributed by atoms with Crippen LogP contribution in [0.5, 0.6) is 11.5 Å². The molecule has 11 nitrogen and oxygen atoms in total. The highest BCUT2D eigenvalue weighted by Gasteiger charge is 2.42. The standard InChI is InChI=1S/C36H34ClFN2O9/c1-21-31(41)32(42)33(43)35(48-21)46-15-14-45-26-11-13-29-27(18-26)34(40(36(44)49-29)19-22-6-3-2-4-7-22)39-25-10-12-30(28(37)17-25)47-20-23-8-5-9-24(38)16-23/h2-13,16-18,21,31-33,35,41-43H,14-15,19-20H2,1H3/t21-,31-,32+,33+,35+/m0/s1. The number of aliphatic hydroxyl groups is 3. The van der Waals surface area contributed by atoms with Crippen LogP contribution in [0.15, 0.2) is 105 Å². The van der Waals surface area contributed by atoms with E-state index in [1.54, 1.807) is 55.5 Å². The number of halogens is 2. The van der Waals surface area contributed by atoms with E-state index in [0.29, 0.717) is 33.6 Å². The lowest BCUT2D eigenvalue weighted by molar-refractivity contribution is -0.293. The zero-order chi connectivity index (χ0) is 34.5. The van der Waals surface area contributed by atoms with E-state index in [4.69, 9.17) is 40.0 Å². The molecule has 1 aromatic heterocycles. The number of nitrogens with zero attached hydrogens (tertiary/aromatic N) is 2. The van der Waals surface area contributed by atoms with E-state index in [1.807, 2.05) is 30.3 Å². The summed E-state index contributed by atoms with van der Waals surface area (Å²) in [5.41, 5.74) is 2.49. The van der Waals surface area contributed by atoms with Gasteiger partial charge < -0.3 is 38.7 Å². The molecule has 0 aliphatic carbocycles. The molecule has 256 valence electrons. The third-order valence-corrected chi connectivity index (χ3v) is 8.22. The quantitative estimate of drug-likeness (QED) is 0.171. The van der Waals surface area contributed by atoms with Crippen LogP contribution >= 0.6 is 11.6 Å². The molecule has 0 radical (unpaired) electrons. The zero-order valence-corrected chi connectivity index (χ0v) is 27.1. The molecule has 4 aromatic carbocycles. The molecular formula is C36H34ClFN2O9. The Balaban J connectivity index is 1.28. The SMILES string of the molecule is C[C@@H]1O[C@@H](OCCOc2ccc3oc(=O)n(Cc4ccccc4)c(=Nc4ccc(OCc5cccc(F)c5)c(Cl)c4)c3c2)[C@H](O)[C@H](O)[C@H]1O. The highest BCUT2D eigenvalue weighted by atomic mass is 35.5. The maximum atomic E-state index is 13.6. The molecule has 3 N–H and O–H groups in total. The van der Waals surface area contributed by atoms with Crippen molar-refractivity contribution in [2.75, 3.05) is 13.2 Å². The summed E-state index contributed by atoms with van der Waals surface area (Å²) < 4.78 is 43.4. The van der Waals surface area contributed by atoms with Crippen molar-refractivity contribution in [1.29, 1.82) is 0 Å². The molecule has 1 saturated heterocycles. The summed E-state index contributed by atoms with van der Waals surface area (Å²) >= 11 is 6.57. The molecule has 1 aliphatic heterocycles. The predicted octanol–water partition coefficient (Wildman–Crippen LogP) is 4.47. The van der Waals surface area contributed by atoms with Gasteiger partial charge in [-0.3, -0.25) is 4.57 Å². The van der Waals surface area contributed by atoms with Crippen LogP contribution in [-0.4, -0.2) is 63.8 Å². The summed E-state index contributed by atoms with van der Waals surface area (Å²) in [5.74, 6) is -0.187. The molecule has 6 rings (SSSR count). The third-order valence-electron chi connectivity index (χ3n) is 7.93. The Morgan fingerprint density at radius 1 is 0.878 bits per heavy atom. The zero-order valence-electron chi connectivity index (χ0n) is 26.3. The topological polar surface area (TPSA) is 145 Å². The Labute approximate surface area is 285 Å². The molecule has 49 heavy (non-hydrogen) atoms. The fourth-order valence-corrected chi connectivity index (χ4v) is 5.56. The molecule has 1 fully saturated rings. The first kappa shape index (κ1) is 34.3. The number of hydrogen-bond donors (Lipinski definition) is 3.